The summed E-state index contributed by atoms with van der Waals surface area (Å²) in [6.45, 7) is 0.398. The fourth-order valence-electron chi connectivity index (χ4n) is 2.86. The molecular formula is C16H13F6N3O3. The lowest BCUT2D eigenvalue weighted by Crippen LogP contribution is -2.39. The van der Waals surface area contributed by atoms with Gasteiger partial charge in [-0.15, -0.1) is 23.4 Å². The second-order valence-corrected chi connectivity index (χ2v) is 6.11. The van der Waals surface area contributed by atoms with E-state index in [-0.39, 0.29) is 18.0 Å². The van der Waals surface area contributed by atoms with Crippen molar-refractivity contribution in [3.63, 3.8) is 0 Å². The van der Waals surface area contributed by atoms with Gasteiger partial charge in [0.15, 0.2) is 0 Å². The normalized spacial score (nSPS) is 18.2. The van der Waals surface area contributed by atoms with Crippen molar-refractivity contribution < 1.29 is 40.3 Å². The Kier molecular flexibility index (Phi) is 5.22. The average molecular weight is 409 g/mol. The summed E-state index contributed by atoms with van der Waals surface area (Å²) in [6.07, 6.45) is -8.64. The van der Waals surface area contributed by atoms with E-state index < -0.39 is 36.0 Å². The number of amides is 1. The van der Waals surface area contributed by atoms with Crippen LogP contribution in [0.25, 0.3) is 0 Å². The Bertz CT molecular complexity index is 831. The van der Waals surface area contributed by atoms with E-state index in [2.05, 4.69) is 19.4 Å². The molecule has 0 aliphatic carbocycles. The Labute approximate surface area is 154 Å². The number of alkyl halides is 6. The van der Waals surface area contributed by atoms with Gasteiger partial charge in [0.25, 0.3) is 5.91 Å². The van der Waals surface area contributed by atoms with E-state index in [0.29, 0.717) is 19.4 Å². The van der Waals surface area contributed by atoms with Crippen LogP contribution in [0, 0.1) is 0 Å². The maximum absolute atomic E-state index is 12.6. The van der Waals surface area contributed by atoms with E-state index in [4.69, 9.17) is 0 Å². The van der Waals surface area contributed by atoms with Crippen molar-refractivity contribution in [3.05, 3.63) is 41.6 Å². The van der Waals surface area contributed by atoms with Gasteiger partial charge in [-0.25, -0.2) is 0 Å². The van der Waals surface area contributed by atoms with E-state index in [1.165, 1.54) is 17.0 Å². The summed E-state index contributed by atoms with van der Waals surface area (Å²) < 4.78 is 82.7. The first-order valence-electron chi connectivity index (χ1n) is 8.08. The van der Waals surface area contributed by atoms with Gasteiger partial charge >= 0.3 is 18.4 Å². The highest BCUT2D eigenvalue weighted by Crippen LogP contribution is 2.32. The van der Waals surface area contributed by atoms with Crippen molar-refractivity contribution in [3.8, 4) is 5.75 Å². The highest BCUT2D eigenvalue weighted by Gasteiger charge is 2.39. The average Bonchev–Trinajstić information content (AvgIpc) is 3.11. The predicted molar refractivity (Wildman–Crippen MR) is 80.3 cm³/mol. The van der Waals surface area contributed by atoms with Gasteiger partial charge in [0.1, 0.15) is 5.75 Å². The SMILES string of the molecule is O=C(c1ccc(OC(F)(F)F)cc1)N1CCC[C@@H](c2nnc(C(F)(F)F)o2)C1. The number of piperidine rings is 1. The zero-order valence-corrected chi connectivity index (χ0v) is 14.0. The molecule has 2 aromatic rings. The van der Waals surface area contributed by atoms with Crippen molar-refractivity contribution in [2.75, 3.05) is 13.1 Å². The fourth-order valence-corrected chi connectivity index (χ4v) is 2.86. The minimum Gasteiger partial charge on any atom is -0.417 e. The number of hydrogen-bond acceptors (Lipinski definition) is 5. The highest BCUT2D eigenvalue weighted by molar-refractivity contribution is 5.94. The van der Waals surface area contributed by atoms with Crippen LogP contribution in [-0.4, -0.2) is 40.5 Å². The number of halogens is 6. The summed E-state index contributed by atoms with van der Waals surface area (Å²) in [6, 6.07) is 4.38. The Balaban J connectivity index is 1.68. The third-order valence-corrected chi connectivity index (χ3v) is 4.08. The van der Waals surface area contributed by atoms with Crippen molar-refractivity contribution in [2.45, 2.75) is 31.3 Å². The molecule has 2 heterocycles. The molecule has 0 unspecified atom stereocenters. The van der Waals surface area contributed by atoms with Gasteiger partial charge in [-0.3, -0.25) is 4.79 Å². The maximum atomic E-state index is 12.6. The van der Waals surface area contributed by atoms with Gasteiger partial charge in [-0.1, -0.05) is 0 Å². The van der Waals surface area contributed by atoms with E-state index in [9.17, 15) is 31.1 Å². The lowest BCUT2D eigenvalue weighted by atomic mass is 9.97. The summed E-state index contributed by atoms with van der Waals surface area (Å²) in [5.41, 5.74) is 0.122. The van der Waals surface area contributed by atoms with E-state index >= 15 is 0 Å². The Morgan fingerprint density at radius 2 is 1.79 bits per heavy atom. The smallest absolute Gasteiger partial charge is 0.417 e. The van der Waals surface area contributed by atoms with Crippen molar-refractivity contribution in [1.29, 1.82) is 0 Å². The largest absolute Gasteiger partial charge is 0.573 e. The summed E-state index contributed by atoms with van der Waals surface area (Å²) >= 11 is 0. The first kappa shape index (κ1) is 20.0. The number of nitrogens with zero attached hydrogens (tertiary/aromatic N) is 3. The number of rotatable bonds is 3. The summed E-state index contributed by atoms with van der Waals surface area (Å²) in [7, 11) is 0. The molecule has 12 heteroatoms. The predicted octanol–water partition coefficient (Wildman–Crippen LogP) is 4.01. The van der Waals surface area contributed by atoms with Gasteiger partial charge in [0.05, 0.1) is 5.92 Å². The summed E-state index contributed by atoms with van der Waals surface area (Å²) in [5.74, 6) is -3.16. The van der Waals surface area contributed by atoms with Crippen molar-refractivity contribution in [1.82, 2.24) is 15.1 Å². The number of likely N-dealkylation sites (tertiary alicyclic amines) is 1. The lowest BCUT2D eigenvalue weighted by molar-refractivity contribution is -0.274. The molecule has 0 saturated carbocycles. The van der Waals surface area contributed by atoms with E-state index in [1.54, 1.807) is 0 Å². The molecule has 0 radical (unpaired) electrons. The standard InChI is InChI=1S/C16H13F6N3O3/c17-15(18,19)14-24-23-12(27-14)10-2-1-7-25(8-10)13(26)9-3-5-11(6-4-9)28-16(20,21)22/h3-6,10H,1-2,7-8H2/t10-/m1/s1. The van der Waals surface area contributed by atoms with Gasteiger partial charge in [0.2, 0.25) is 5.89 Å². The molecule has 1 aromatic heterocycles. The molecule has 1 atom stereocenters. The minimum absolute atomic E-state index is 0.0547. The van der Waals surface area contributed by atoms with Gasteiger partial charge in [-0.2, -0.15) is 13.2 Å². The molecule has 0 bridgehead atoms. The van der Waals surface area contributed by atoms with E-state index in [0.717, 1.165) is 12.1 Å². The number of hydrogen-bond donors (Lipinski definition) is 0. The van der Waals surface area contributed by atoms with Crippen LogP contribution >= 0.6 is 0 Å². The third kappa shape index (κ3) is 4.73. The van der Waals surface area contributed by atoms with Crippen LogP contribution in [0.1, 0.15) is 40.9 Å². The molecule has 1 aliphatic heterocycles. The monoisotopic (exact) mass is 409 g/mol. The first-order chi connectivity index (χ1) is 13.0. The molecule has 1 amide bonds. The fraction of sp³-hybridized carbons (Fsp3) is 0.438. The topological polar surface area (TPSA) is 68.5 Å². The second kappa shape index (κ2) is 7.32. The van der Waals surface area contributed by atoms with Crippen LogP contribution in [0.2, 0.25) is 0 Å². The molecule has 0 spiro atoms. The number of benzene rings is 1. The van der Waals surface area contributed by atoms with Crippen LogP contribution in [-0.2, 0) is 6.18 Å². The van der Waals surface area contributed by atoms with Gasteiger partial charge in [-0.05, 0) is 37.1 Å². The van der Waals surface area contributed by atoms with Crippen LogP contribution < -0.4 is 4.74 Å². The molecule has 1 aromatic carbocycles. The van der Waals surface area contributed by atoms with Crippen LogP contribution in [0.4, 0.5) is 26.3 Å². The molecule has 1 fully saturated rings. The minimum atomic E-state index is -4.84. The first-order valence-corrected chi connectivity index (χ1v) is 8.08. The zero-order valence-electron chi connectivity index (χ0n) is 14.0. The second-order valence-electron chi connectivity index (χ2n) is 6.11. The Morgan fingerprint density at radius 3 is 2.36 bits per heavy atom. The molecule has 1 aliphatic rings. The van der Waals surface area contributed by atoms with Crippen LogP contribution in [0.5, 0.6) is 5.75 Å². The van der Waals surface area contributed by atoms with Gasteiger partial charge in [0, 0.05) is 18.7 Å². The highest BCUT2D eigenvalue weighted by atomic mass is 19.4. The van der Waals surface area contributed by atoms with Crippen molar-refractivity contribution in [2.24, 2.45) is 0 Å². The van der Waals surface area contributed by atoms with Gasteiger partial charge < -0.3 is 14.1 Å². The lowest BCUT2D eigenvalue weighted by Gasteiger charge is -2.31. The number of aromatic nitrogens is 2. The van der Waals surface area contributed by atoms with Crippen molar-refractivity contribution >= 4 is 5.91 Å². The third-order valence-electron chi connectivity index (χ3n) is 4.08. The zero-order chi connectivity index (χ0) is 20.5. The summed E-state index contributed by atoms with van der Waals surface area (Å²) in [5, 5.41) is 6.40. The van der Waals surface area contributed by atoms with Crippen LogP contribution in [0.15, 0.2) is 28.7 Å². The molecule has 152 valence electrons. The maximum Gasteiger partial charge on any atom is 0.573 e. The van der Waals surface area contributed by atoms with E-state index in [1.807, 2.05) is 0 Å². The molecule has 1 saturated heterocycles. The summed E-state index contributed by atoms with van der Waals surface area (Å²) in [4.78, 5) is 13.9. The molecule has 3 rings (SSSR count). The molecule has 0 N–H and O–H groups in total. The number of ether oxygens (including phenoxy) is 1. The number of carbonyl (C=O) groups excluding carboxylic acids is 1. The Hall–Kier alpha value is -2.79. The quantitative estimate of drug-likeness (QED) is 0.717. The molecular weight excluding hydrogens is 396 g/mol. The molecule has 28 heavy (non-hydrogen) atoms. The Morgan fingerprint density at radius 1 is 1.11 bits per heavy atom. The van der Waals surface area contributed by atoms with Crippen LogP contribution in [0.3, 0.4) is 0 Å². The molecule has 6 nitrogen and oxygen atoms in total. The number of carbonyl (C=O) groups is 1.